The molecule has 0 fully saturated rings. The Morgan fingerprint density at radius 1 is 1.26 bits per heavy atom. The van der Waals surface area contributed by atoms with Crippen LogP contribution in [0.5, 0.6) is 0 Å². The van der Waals surface area contributed by atoms with E-state index in [4.69, 9.17) is 4.42 Å². The molecule has 0 aliphatic carbocycles. The minimum atomic E-state index is -1.08. The number of rotatable bonds is 9. The van der Waals surface area contributed by atoms with Gasteiger partial charge in [-0.15, -0.1) is 0 Å². The lowest BCUT2D eigenvalue weighted by Crippen LogP contribution is -2.53. The number of unbranched alkanes of at least 4 members (excludes halogenated alkanes) is 1. The van der Waals surface area contributed by atoms with Crippen molar-refractivity contribution < 1.29 is 23.9 Å². The fourth-order valence-corrected chi connectivity index (χ4v) is 2.08. The number of carbonyl (C=O) groups is 3. The summed E-state index contributed by atoms with van der Waals surface area (Å²) in [5, 5.41) is 14.3. The maximum Gasteiger partial charge on any atom is 0.326 e. The number of hydrogen-bond donors (Lipinski definition) is 3. The first-order chi connectivity index (χ1) is 10.9. The first kappa shape index (κ1) is 18.7. The number of nitrogens with one attached hydrogen (secondary N) is 2. The predicted octanol–water partition coefficient (Wildman–Crippen LogP) is 1.79. The van der Waals surface area contributed by atoms with Gasteiger partial charge in [-0.25, -0.2) is 4.79 Å². The average molecular weight is 324 g/mol. The van der Waals surface area contributed by atoms with E-state index in [-0.39, 0.29) is 11.7 Å². The van der Waals surface area contributed by atoms with Gasteiger partial charge in [0.05, 0.1) is 6.26 Å². The topological polar surface area (TPSA) is 109 Å². The van der Waals surface area contributed by atoms with E-state index in [1.807, 2.05) is 6.92 Å². The van der Waals surface area contributed by atoms with Crippen LogP contribution >= 0.6 is 0 Å². The summed E-state index contributed by atoms with van der Waals surface area (Å²) >= 11 is 0. The van der Waals surface area contributed by atoms with Crippen LogP contribution in [0, 0.1) is 5.92 Å². The van der Waals surface area contributed by atoms with Crippen LogP contribution in [-0.2, 0) is 9.59 Å². The number of aliphatic carboxylic acids is 1. The number of hydrogen-bond acceptors (Lipinski definition) is 4. The van der Waals surface area contributed by atoms with Crippen molar-refractivity contribution >= 4 is 17.8 Å². The smallest absolute Gasteiger partial charge is 0.326 e. The molecule has 0 radical (unpaired) electrons. The second-order valence-electron chi connectivity index (χ2n) is 5.71. The van der Waals surface area contributed by atoms with Crippen molar-refractivity contribution in [2.24, 2.45) is 5.92 Å². The largest absolute Gasteiger partial charge is 0.480 e. The van der Waals surface area contributed by atoms with E-state index in [9.17, 15) is 19.5 Å². The molecule has 0 saturated heterocycles. The maximum absolute atomic E-state index is 12.3. The zero-order valence-corrected chi connectivity index (χ0v) is 13.7. The van der Waals surface area contributed by atoms with Crippen LogP contribution in [0.1, 0.15) is 50.6 Å². The number of carboxylic acid groups (broad SMARTS) is 1. The first-order valence-corrected chi connectivity index (χ1v) is 7.74. The SMILES string of the molecule is CCCCC(NC(=O)C(NC(=O)c1ccco1)C(C)C)C(=O)O. The molecule has 2 atom stereocenters. The van der Waals surface area contributed by atoms with Crippen LogP contribution in [0.15, 0.2) is 22.8 Å². The van der Waals surface area contributed by atoms with Gasteiger partial charge in [-0.2, -0.15) is 0 Å². The van der Waals surface area contributed by atoms with Gasteiger partial charge < -0.3 is 20.2 Å². The average Bonchev–Trinajstić information content (AvgIpc) is 3.02. The van der Waals surface area contributed by atoms with Gasteiger partial charge in [-0.3, -0.25) is 9.59 Å². The monoisotopic (exact) mass is 324 g/mol. The minimum absolute atomic E-state index is 0.101. The molecule has 0 aromatic carbocycles. The van der Waals surface area contributed by atoms with E-state index < -0.39 is 29.9 Å². The Morgan fingerprint density at radius 2 is 1.96 bits per heavy atom. The third-order valence-corrected chi connectivity index (χ3v) is 3.44. The Labute approximate surface area is 135 Å². The van der Waals surface area contributed by atoms with Gasteiger partial charge in [-0.1, -0.05) is 33.6 Å². The van der Waals surface area contributed by atoms with Gasteiger partial charge in [0, 0.05) is 0 Å². The van der Waals surface area contributed by atoms with Crippen molar-refractivity contribution in [1.29, 1.82) is 0 Å². The molecular weight excluding hydrogens is 300 g/mol. The molecule has 3 N–H and O–H groups in total. The lowest BCUT2D eigenvalue weighted by molar-refractivity contribution is -0.142. The summed E-state index contributed by atoms with van der Waals surface area (Å²) < 4.78 is 4.99. The van der Waals surface area contributed by atoms with E-state index in [1.165, 1.54) is 12.3 Å². The Hall–Kier alpha value is -2.31. The minimum Gasteiger partial charge on any atom is -0.480 e. The zero-order chi connectivity index (χ0) is 17.4. The van der Waals surface area contributed by atoms with Crippen LogP contribution in [0.4, 0.5) is 0 Å². The van der Waals surface area contributed by atoms with Crippen molar-refractivity contribution in [3.63, 3.8) is 0 Å². The predicted molar refractivity (Wildman–Crippen MR) is 83.9 cm³/mol. The highest BCUT2D eigenvalue weighted by Gasteiger charge is 2.29. The van der Waals surface area contributed by atoms with Gasteiger partial charge in [0.2, 0.25) is 5.91 Å². The van der Waals surface area contributed by atoms with Gasteiger partial charge in [0.1, 0.15) is 12.1 Å². The quantitative estimate of drug-likeness (QED) is 0.642. The van der Waals surface area contributed by atoms with Crippen molar-refractivity contribution in [1.82, 2.24) is 10.6 Å². The van der Waals surface area contributed by atoms with Crippen molar-refractivity contribution in [2.45, 2.75) is 52.1 Å². The number of amides is 2. The molecule has 1 heterocycles. The van der Waals surface area contributed by atoms with Crippen LogP contribution in [0.2, 0.25) is 0 Å². The molecule has 0 bridgehead atoms. The van der Waals surface area contributed by atoms with Crippen LogP contribution in [0.25, 0.3) is 0 Å². The summed E-state index contributed by atoms with van der Waals surface area (Å²) in [6.07, 6.45) is 3.25. The molecule has 1 aromatic rings. The lowest BCUT2D eigenvalue weighted by atomic mass is 10.0. The molecule has 0 aliphatic rings. The fraction of sp³-hybridized carbons (Fsp3) is 0.562. The lowest BCUT2D eigenvalue weighted by Gasteiger charge is -2.23. The van der Waals surface area contributed by atoms with Crippen LogP contribution in [0.3, 0.4) is 0 Å². The molecule has 1 rings (SSSR count). The molecule has 7 heteroatoms. The molecule has 0 spiro atoms. The number of carboxylic acids is 1. The summed E-state index contributed by atoms with van der Waals surface area (Å²) in [7, 11) is 0. The Morgan fingerprint density at radius 3 is 2.43 bits per heavy atom. The zero-order valence-electron chi connectivity index (χ0n) is 13.7. The molecular formula is C16H24N2O5. The molecule has 128 valence electrons. The molecule has 23 heavy (non-hydrogen) atoms. The molecule has 7 nitrogen and oxygen atoms in total. The van der Waals surface area contributed by atoms with Crippen LogP contribution in [-0.4, -0.2) is 35.0 Å². The van der Waals surface area contributed by atoms with Gasteiger partial charge in [0.25, 0.3) is 5.91 Å². The van der Waals surface area contributed by atoms with Gasteiger partial charge in [0.15, 0.2) is 5.76 Å². The van der Waals surface area contributed by atoms with Crippen molar-refractivity contribution in [2.75, 3.05) is 0 Å². The summed E-state index contributed by atoms with van der Waals surface area (Å²) in [5.41, 5.74) is 0. The molecule has 0 saturated carbocycles. The van der Waals surface area contributed by atoms with E-state index in [0.717, 1.165) is 6.42 Å². The second-order valence-corrected chi connectivity index (χ2v) is 5.71. The molecule has 2 unspecified atom stereocenters. The highest BCUT2D eigenvalue weighted by atomic mass is 16.4. The third-order valence-electron chi connectivity index (χ3n) is 3.44. The highest BCUT2D eigenvalue weighted by Crippen LogP contribution is 2.08. The summed E-state index contributed by atoms with van der Waals surface area (Å²) in [4.78, 5) is 35.6. The van der Waals surface area contributed by atoms with Gasteiger partial charge >= 0.3 is 5.97 Å². The first-order valence-electron chi connectivity index (χ1n) is 7.74. The van der Waals surface area contributed by atoms with E-state index >= 15 is 0 Å². The summed E-state index contributed by atoms with van der Waals surface area (Å²) in [5.74, 6) is -2.20. The highest BCUT2D eigenvalue weighted by molar-refractivity contribution is 5.96. The standard InChI is InChI=1S/C16H24N2O5/c1-4-5-7-11(16(21)22)17-15(20)13(10(2)3)18-14(19)12-8-6-9-23-12/h6,8-11,13H,4-5,7H2,1-3H3,(H,17,20)(H,18,19)(H,21,22). The Kier molecular flexibility index (Phi) is 7.31. The number of furan rings is 1. The number of carbonyl (C=O) groups excluding carboxylic acids is 2. The van der Waals surface area contributed by atoms with Crippen molar-refractivity contribution in [3.8, 4) is 0 Å². The second kappa shape index (κ2) is 8.97. The van der Waals surface area contributed by atoms with Gasteiger partial charge in [-0.05, 0) is 24.5 Å². The third kappa shape index (κ3) is 5.77. The van der Waals surface area contributed by atoms with E-state index in [1.54, 1.807) is 19.9 Å². The normalized spacial score (nSPS) is 13.4. The van der Waals surface area contributed by atoms with Crippen LogP contribution < -0.4 is 10.6 Å². The Bertz CT molecular complexity index is 525. The summed E-state index contributed by atoms with van der Waals surface area (Å²) in [6, 6.07) is 1.27. The Balaban J connectivity index is 2.73. The van der Waals surface area contributed by atoms with Crippen molar-refractivity contribution in [3.05, 3.63) is 24.2 Å². The van der Waals surface area contributed by atoms with E-state index in [0.29, 0.717) is 12.8 Å². The van der Waals surface area contributed by atoms with E-state index in [2.05, 4.69) is 10.6 Å². The fourth-order valence-electron chi connectivity index (χ4n) is 2.08. The molecule has 1 aromatic heterocycles. The molecule has 0 aliphatic heterocycles. The summed E-state index contributed by atoms with van der Waals surface area (Å²) in [6.45, 7) is 5.49. The molecule has 2 amide bonds. The maximum atomic E-state index is 12.3.